The van der Waals surface area contributed by atoms with Crippen LogP contribution in [-0.2, 0) is 0 Å². The number of hydrogen-bond donors (Lipinski definition) is 5. The molecule has 0 aliphatic carbocycles. The molecule has 0 spiro atoms. The third-order valence-corrected chi connectivity index (χ3v) is 5.76. The van der Waals surface area contributed by atoms with E-state index in [9.17, 15) is 9.18 Å². The van der Waals surface area contributed by atoms with Crippen LogP contribution in [-0.4, -0.2) is 36.5 Å². The first kappa shape index (κ1) is 26.3. The summed E-state index contributed by atoms with van der Waals surface area (Å²) in [6, 6.07) is 11.5. The van der Waals surface area contributed by atoms with Crippen LogP contribution in [0.15, 0.2) is 42.5 Å². The number of halogens is 1. The molecular weight excluding hydrogens is 419 g/mol. The van der Waals surface area contributed by atoms with E-state index in [0.29, 0.717) is 12.5 Å². The normalized spacial score (nSPS) is 13.3. The molecule has 5 N–H and O–H groups in total. The molecule has 2 rings (SSSR count). The van der Waals surface area contributed by atoms with Gasteiger partial charge in [0.25, 0.3) is 0 Å². The molecule has 6 nitrogen and oxygen atoms in total. The highest BCUT2D eigenvalue weighted by Gasteiger charge is 2.32. The van der Waals surface area contributed by atoms with Crippen molar-refractivity contribution in [3.8, 4) is 0 Å². The van der Waals surface area contributed by atoms with Crippen LogP contribution in [0.5, 0.6) is 0 Å². The quantitative estimate of drug-likeness (QED) is 0.293. The summed E-state index contributed by atoms with van der Waals surface area (Å²) >= 11 is 0. The molecule has 33 heavy (non-hydrogen) atoms. The van der Waals surface area contributed by atoms with Gasteiger partial charge in [0.05, 0.1) is 12.6 Å². The maximum atomic E-state index is 13.2. The van der Waals surface area contributed by atoms with Crippen molar-refractivity contribution >= 4 is 23.6 Å². The molecule has 2 amide bonds. The van der Waals surface area contributed by atoms with Gasteiger partial charge in [-0.25, -0.2) is 9.18 Å². The number of carbonyl (C=O) groups is 1. The molecule has 0 aliphatic heterocycles. The summed E-state index contributed by atoms with van der Waals surface area (Å²) in [6.07, 6.45) is 2.24. The lowest BCUT2D eigenvalue weighted by Crippen LogP contribution is -2.46. The Labute approximate surface area is 196 Å². The Bertz CT molecular complexity index is 928. The number of hydrogen-bond acceptors (Lipinski definition) is 4. The van der Waals surface area contributed by atoms with Gasteiger partial charge in [0.1, 0.15) is 5.82 Å². The van der Waals surface area contributed by atoms with Gasteiger partial charge in [-0.2, -0.15) is 0 Å². The summed E-state index contributed by atoms with van der Waals surface area (Å²) in [6.45, 7) is 10.7. The first-order valence-electron chi connectivity index (χ1n) is 11.4. The lowest BCUT2D eigenvalue weighted by molar-refractivity contribution is 0.206. The molecule has 0 aromatic heterocycles. The summed E-state index contributed by atoms with van der Waals surface area (Å²) in [5.74, 6) is 0.291. The summed E-state index contributed by atoms with van der Waals surface area (Å²) < 4.78 is 13.2. The van der Waals surface area contributed by atoms with Crippen molar-refractivity contribution in [2.24, 2.45) is 11.3 Å². The van der Waals surface area contributed by atoms with Crippen LogP contribution in [0.25, 0.3) is 0 Å². The second-order valence-corrected chi connectivity index (χ2v) is 9.70. The number of nitrogens with one attached hydrogen (secondary N) is 4. The number of aliphatic hydroxyl groups excluding tert-OH is 1. The first-order valence-corrected chi connectivity index (χ1v) is 11.4. The molecule has 180 valence electrons. The Kier molecular flexibility index (Phi) is 9.41. The number of amides is 2. The van der Waals surface area contributed by atoms with Crippen molar-refractivity contribution in [3.05, 3.63) is 59.4 Å². The van der Waals surface area contributed by atoms with E-state index < -0.39 is 0 Å². The Morgan fingerprint density at radius 3 is 2.39 bits per heavy atom. The first-order chi connectivity index (χ1) is 15.6. The standard InChI is InChI=1S/C26H37FN4O2/c1-17(2)12-23(26(4,5)16-29-25(33)30-18(3)15-32)19-6-11-24(20(13-19)14-28)31-22-9-7-21(27)8-10-22/h6-11,13-14,17-18,23,28,31-32H,12,15-16H2,1-5H3,(H2,29,30,33)/t18-,23?/m1/s1. The predicted octanol–water partition coefficient (Wildman–Crippen LogP) is 5.40. The number of benzene rings is 2. The van der Waals surface area contributed by atoms with Crippen LogP contribution in [0.3, 0.4) is 0 Å². The zero-order valence-electron chi connectivity index (χ0n) is 20.2. The third kappa shape index (κ3) is 7.86. The second kappa shape index (κ2) is 11.8. The van der Waals surface area contributed by atoms with E-state index in [4.69, 9.17) is 10.5 Å². The topological polar surface area (TPSA) is 97.2 Å². The highest BCUT2D eigenvalue weighted by atomic mass is 19.1. The zero-order valence-corrected chi connectivity index (χ0v) is 20.2. The smallest absolute Gasteiger partial charge is 0.315 e. The van der Waals surface area contributed by atoms with E-state index in [1.807, 2.05) is 12.1 Å². The highest BCUT2D eigenvalue weighted by molar-refractivity contribution is 5.87. The van der Waals surface area contributed by atoms with E-state index in [1.165, 1.54) is 18.3 Å². The fraction of sp³-hybridized carbons (Fsp3) is 0.462. The SMILES string of the molecule is CC(C)CC(c1ccc(Nc2ccc(F)cc2)c(C=N)c1)C(C)(C)CNC(=O)N[C@H](C)CO. The van der Waals surface area contributed by atoms with Gasteiger partial charge in [0.2, 0.25) is 0 Å². The van der Waals surface area contributed by atoms with Crippen LogP contribution in [0.2, 0.25) is 0 Å². The molecular formula is C26H37FN4O2. The molecule has 7 heteroatoms. The highest BCUT2D eigenvalue weighted by Crippen LogP contribution is 2.41. The number of carbonyl (C=O) groups excluding carboxylic acids is 1. The van der Waals surface area contributed by atoms with Gasteiger partial charge in [-0.1, -0.05) is 33.8 Å². The molecule has 0 fully saturated rings. The Morgan fingerprint density at radius 1 is 1.15 bits per heavy atom. The largest absolute Gasteiger partial charge is 0.394 e. The lowest BCUT2D eigenvalue weighted by Gasteiger charge is -2.36. The predicted molar refractivity (Wildman–Crippen MR) is 133 cm³/mol. The monoisotopic (exact) mass is 456 g/mol. The maximum absolute atomic E-state index is 13.2. The van der Waals surface area contributed by atoms with Crippen molar-refractivity contribution in [2.75, 3.05) is 18.5 Å². The van der Waals surface area contributed by atoms with E-state index in [1.54, 1.807) is 19.1 Å². The Morgan fingerprint density at radius 2 is 1.82 bits per heavy atom. The van der Waals surface area contributed by atoms with Crippen molar-refractivity contribution in [3.63, 3.8) is 0 Å². The van der Waals surface area contributed by atoms with Crippen molar-refractivity contribution in [1.29, 1.82) is 5.41 Å². The van der Waals surface area contributed by atoms with Gasteiger partial charge in [-0.05, 0) is 72.6 Å². The van der Waals surface area contributed by atoms with Gasteiger partial charge in [0.15, 0.2) is 0 Å². The van der Waals surface area contributed by atoms with Gasteiger partial charge in [-0.3, -0.25) is 0 Å². The van der Waals surface area contributed by atoms with Crippen molar-refractivity contribution < 1.29 is 14.3 Å². The van der Waals surface area contributed by atoms with Crippen LogP contribution in [0, 0.1) is 22.6 Å². The average molecular weight is 457 g/mol. The molecule has 2 aromatic rings. The summed E-state index contributed by atoms with van der Waals surface area (Å²) in [5, 5.41) is 26.0. The molecule has 2 atom stereocenters. The van der Waals surface area contributed by atoms with Crippen LogP contribution in [0.1, 0.15) is 58.1 Å². The van der Waals surface area contributed by atoms with Crippen LogP contribution >= 0.6 is 0 Å². The van der Waals surface area contributed by atoms with Crippen LogP contribution in [0.4, 0.5) is 20.6 Å². The minimum absolute atomic E-state index is 0.114. The van der Waals surface area contributed by atoms with E-state index in [2.05, 4.69) is 49.7 Å². The van der Waals surface area contributed by atoms with Gasteiger partial charge in [-0.15, -0.1) is 0 Å². The molecule has 0 heterocycles. The van der Waals surface area contributed by atoms with Crippen molar-refractivity contribution in [1.82, 2.24) is 10.6 Å². The third-order valence-electron chi connectivity index (χ3n) is 5.76. The molecule has 0 aliphatic rings. The molecule has 0 saturated carbocycles. The number of anilines is 2. The van der Waals surface area contributed by atoms with E-state index in [-0.39, 0.29) is 35.8 Å². The lowest BCUT2D eigenvalue weighted by atomic mass is 9.71. The maximum Gasteiger partial charge on any atom is 0.315 e. The van der Waals surface area contributed by atoms with Crippen LogP contribution < -0.4 is 16.0 Å². The Hall–Kier alpha value is -2.93. The molecule has 2 aromatic carbocycles. The zero-order chi connectivity index (χ0) is 24.6. The van der Waals surface area contributed by atoms with Crippen molar-refractivity contribution in [2.45, 2.75) is 53.0 Å². The molecule has 0 bridgehead atoms. The minimum Gasteiger partial charge on any atom is -0.394 e. The van der Waals surface area contributed by atoms with Gasteiger partial charge >= 0.3 is 6.03 Å². The molecule has 0 saturated heterocycles. The average Bonchev–Trinajstić information content (AvgIpc) is 2.77. The molecule has 0 radical (unpaired) electrons. The van der Waals surface area contributed by atoms with E-state index >= 15 is 0 Å². The minimum atomic E-state index is -0.309. The van der Waals surface area contributed by atoms with E-state index in [0.717, 1.165) is 28.9 Å². The molecule has 1 unspecified atom stereocenters. The number of aliphatic hydroxyl groups is 1. The van der Waals surface area contributed by atoms with Gasteiger partial charge < -0.3 is 26.5 Å². The Balaban J connectivity index is 2.25. The summed E-state index contributed by atoms with van der Waals surface area (Å²) in [7, 11) is 0. The number of urea groups is 1. The fourth-order valence-electron chi connectivity index (χ4n) is 3.85. The second-order valence-electron chi connectivity index (χ2n) is 9.70. The van der Waals surface area contributed by atoms with Gasteiger partial charge in [0, 0.05) is 29.7 Å². The fourth-order valence-corrected chi connectivity index (χ4v) is 3.85. The number of rotatable bonds is 11. The summed E-state index contributed by atoms with van der Waals surface area (Å²) in [4.78, 5) is 12.2. The summed E-state index contributed by atoms with van der Waals surface area (Å²) in [5.41, 5.74) is 3.11.